The van der Waals surface area contributed by atoms with E-state index in [0.29, 0.717) is 18.8 Å². The van der Waals surface area contributed by atoms with E-state index in [4.69, 9.17) is 15.0 Å². The molecule has 0 saturated carbocycles. The largest absolute Gasteiger partial charge is 0.464 e. The minimum absolute atomic E-state index is 0.261. The van der Waals surface area contributed by atoms with Gasteiger partial charge in [0.1, 0.15) is 18.9 Å². The Morgan fingerprint density at radius 1 is 1.14 bits per heavy atom. The van der Waals surface area contributed by atoms with Gasteiger partial charge in [0.05, 0.1) is 13.1 Å². The van der Waals surface area contributed by atoms with Gasteiger partial charge < -0.3 is 14.4 Å². The molecule has 2 N–H and O–H groups in total. The average Bonchev–Trinajstić information content (AvgIpc) is 2.45. The van der Waals surface area contributed by atoms with E-state index in [9.17, 15) is 9.59 Å². The molecule has 1 aromatic carbocycles. The van der Waals surface area contributed by atoms with E-state index in [0.717, 1.165) is 11.3 Å². The molecular formula is C15H22N3O4+. The van der Waals surface area contributed by atoms with Crippen LogP contribution < -0.4 is 10.4 Å². The predicted octanol–water partition coefficient (Wildman–Crippen LogP) is 0.770. The number of carbonyl (C=O) groups is 2. The summed E-state index contributed by atoms with van der Waals surface area (Å²) in [4.78, 5) is 23.7. The Hall–Kier alpha value is -2.44. The van der Waals surface area contributed by atoms with E-state index in [2.05, 4.69) is 5.11 Å². The lowest BCUT2D eigenvalue weighted by molar-refractivity contribution is -0.210. The van der Waals surface area contributed by atoms with Crippen LogP contribution in [0.15, 0.2) is 23.3 Å². The second-order valence-corrected chi connectivity index (χ2v) is 4.77. The van der Waals surface area contributed by atoms with Crippen molar-refractivity contribution in [2.75, 3.05) is 31.2 Å². The molecule has 0 fully saturated rings. The van der Waals surface area contributed by atoms with E-state index in [1.807, 2.05) is 30.0 Å². The van der Waals surface area contributed by atoms with Crippen molar-refractivity contribution in [3.8, 4) is 0 Å². The number of benzene rings is 1. The molecule has 0 atom stereocenters. The summed E-state index contributed by atoms with van der Waals surface area (Å²) in [6.07, 6.45) is 0. The van der Waals surface area contributed by atoms with Crippen molar-refractivity contribution in [2.45, 2.75) is 20.8 Å². The first-order chi connectivity index (χ1) is 10.4. The molecule has 0 spiro atoms. The van der Waals surface area contributed by atoms with Gasteiger partial charge in [0.2, 0.25) is 0 Å². The Labute approximate surface area is 129 Å². The first kappa shape index (κ1) is 17.6. The summed E-state index contributed by atoms with van der Waals surface area (Å²) in [5, 5.41) is 3.68. The van der Waals surface area contributed by atoms with Crippen molar-refractivity contribution in [2.24, 2.45) is 5.11 Å². The van der Waals surface area contributed by atoms with Gasteiger partial charge in [0.15, 0.2) is 0 Å². The first-order valence-corrected chi connectivity index (χ1v) is 6.97. The number of anilines is 1. The minimum atomic E-state index is -0.326. The quantitative estimate of drug-likeness (QED) is 0.565. The predicted molar refractivity (Wildman–Crippen MR) is 80.7 cm³/mol. The number of hydrogen-bond donors (Lipinski definition) is 1. The van der Waals surface area contributed by atoms with Crippen LogP contribution >= 0.6 is 0 Å². The van der Waals surface area contributed by atoms with Gasteiger partial charge in [-0.2, -0.15) is 5.53 Å². The van der Waals surface area contributed by atoms with E-state index >= 15 is 0 Å². The number of nitrogens with zero attached hydrogens (tertiary/aromatic N) is 2. The third-order valence-corrected chi connectivity index (χ3v) is 3.02. The Balaban J connectivity index is 2.77. The third kappa shape index (κ3) is 5.90. The number of aryl methyl sites for hydroxylation is 1. The number of nitrogens with two attached hydrogens (primary N) is 1. The monoisotopic (exact) mass is 308 g/mol. The van der Waals surface area contributed by atoms with Crippen molar-refractivity contribution < 1.29 is 24.6 Å². The highest BCUT2D eigenvalue weighted by Crippen LogP contribution is 2.23. The Kier molecular flexibility index (Phi) is 7.01. The maximum absolute atomic E-state index is 10.9. The Morgan fingerprint density at radius 2 is 1.68 bits per heavy atom. The molecule has 0 heterocycles. The lowest BCUT2D eigenvalue weighted by Gasteiger charge is -2.24. The second-order valence-electron chi connectivity index (χ2n) is 4.77. The highest BCUT2D eigenvalue weighted by molar-refractivity contribution is 5.66. The molecule has 1 rings (SSSR count). The zero-order valence-electron chi connectivity index (χ0n) is 13.2. The van der Waals surface area contributed by atoms with Gasteiger partial charge in [-0.15, -0.1) is 0 Å². The van der Waals surface area contributed by atoms with Gasteiger partial charge in [0.25, 0.3) is 0 Å². The maximum atomic E-state index is 10.9. The molecular weight excluding hydrogens is 286 g/mol. The lowest BCUT2D eigenvalue weighted by Crippen LogP contribution is -2.32. The van der Waals surface area contributed by atoms with Crippen LogP contribution in [0.1, 0.15) is 19.4 Å². The minimum Gasteiger partial charge on any atom is -0.464 e. The van der Waals surface area contributed by atoms with Crippen LogP contribution in [0.25, 0.3) is 0 Å². The van der Waals surface area contributed by atoms with E-state index < -0.39 is 0 Å². The highest BCUT2D eigenvalue weighted by Gasteiger charge is 2.10. The van der Waals surface area contributed by atoms with Crippen molar-refractivity contribution in [3.05, 3.63) is 23.8 Å². The molecule has 0 aliphatic heterocycles. The van der Waals surface area contributed by atoms with Crippen LogP contribution in [0, 0.1) is 6.92 Å². The zero-order valence-corrected chi connectivity index (χ0v) is 13.2. The zero-order chi connectivity index (χ0) is 16.5. The summed E-state index contributed by atoms with van der Waals surface area (Å²) in [6, 6.07) is 5.63. The molecule has 0 bridgehead atoms. The summed E-state index contributed by atoms with van der Waals surface area (Å²) in [5.74, 6) is -0.651. The van der Waals surface area contributed by atoms with Crippen LogP contribution in [-0.4, -0.2) is 38.2 Å². The topological polar surface area (TPSA) is 93.8 Å². The van der Waals surface area contributed by atoms with Crippen LogP contribution in [-0.2, 0) is 19.1 Å². The van der Waals surface area contributed by atoms with Crippen LogP contribution in [0.2, 0.25) is 0 Å². The molecule has 1 aromatic rings. The highest BCUT2D eigenvalue weighted by atomic mass is 16.5. The second kappa shape index (κ2) is 8.76. The number of hydrogen-bond acceptors (Lipinski definition) is 6. The number of rotatable bonds is 8. The maximum Gasteiger partial charge on any atom is 0.302 e. The fraction of sp³-hybridized carbons (Fsp3) is 0.467. The summed E-state index contributed by atoms with van der Waals surface area (Å²) in [6.45, 7) is 6.16. The van der Waals surface area contributed by atoms with E-state index in [1.54, 1.807) is 0 Å². The summed E-state index contributed by atoms with van der Waals surface area (Å²) < 4.78 is 9.94. The molecule has 0 aromatic heterocycles. The van der Waals surface area contributed by atoms with Gasteiger partial charge in [0, 0.05) is 19.5 Å². The van der Waals surface area contributed by atoms with Crippen LogP contribution in [0.5, 0.6) is 0 Å². The third-order valence-electron chi connectivity index (χ3n) is 3.02. The first-order valence-electron chi connectivity index (χ1n) is 6.97. The molecule has 0 saturated heterocycles. The summed E-state index contributed by atoms with van der Waals surface area (Å²) in [5.41, 5.74) is 7.87. The SMILES string of the molecule is CC(=O)OCCN(CCOC(C)=O)c1ccc(N=[NH2+])c(C)c1. The Bertz CT molecular complexity index is 526. The number of carbonyl (C=O) groups excluding carboxylic acids is 2. The van der Waals surface area contributed by atoms with Gasteiger partial charge in [-0.05, 0) is 35.8 Å². The van der Waals surface area contributed by atoms with Gasteiger partial charge in [-0.3, -0.25) is 9.59 Å². The molecule has 0 aliphatic rings. The molecule has 22 heavy (non-hydrogen) atoms. The molecule has 7 heteroatoms. The average molecular weight is 308 g/mol. The molecule has 120 valence electrons. The fourth-order valence-electron chi connectivity index (χ4n) is 1.95. The van der Waals surface area contributed by atoms with Crippen LogP contribution in [0.4, 0.5) is 11.4 Å². The summed E-state index contributed by atoms with van der Waals surface area (Å²) in [7, 11) is 0. The van der Waals surface area contributed by atoms with Crippen molar-refractivity contribution >= 4 is 23.3 Å². The van der Waals surface area contributed by atoms with E-state index in [1.165, 1.54) is 13.8 Å². The van der Waals surface area contributed by atoms with Gasteiger partial charge in [-0.25, -0.2) is 0 Å². The van der Waals surface area contributed by atoms with E-state index in [-0.39, 0.29) is 25.2 Å². The molecule has 0 radical (unpaired) electrons. The normalized spacial score (nSPS) is 9.95. The lowest BCUT2D eigenvalue weighted by atomic mass is 10.1. The fourth-order valence-corrected chi connectivity index (χ4v) is 1.95. The van der Waals surface area contributed by atoms with Crippen molar-refractivity contribution in [1.82, 2.24) is 0 Å². The van der Waals surface area contributed by atoms with Crippen molar-refractivity contribution in [3.63, 3.8) is 0 Å². The molecule has 0 amide bonds. The molecule has 7 nitrogen and oxygen atoms in total. The standard InChI is InChI=1S/C15H21N3O4/c1-11-10-14(4-5-15(11)17-16)18(6-8-21-12(2)19)7-9-22-13(3)20/h4-5,10,16H,6-9H2,1-3H3/p+1. The van der Waals surface area contributed by atoms with Crippen LogP contribution in [0.3, 0.4) is 0 Å². The summed E-state index contributed by atoms with van der Waals surface area (Å²) >= 11 is 0. The molecule has 0 unspecified atom stereocenters. The number of esters is 2. The Morgan fingerprint density at radius 3 is 2.09 bits per heavy atom. The van der Waals surface area contributed by atoms with Gasteiger partial charge in [-0.1, -0.05) is 0 Å². The number of ether oxygens (including phenoxy) is 2. The molecule has 0 aliphatic carbocycles. The smallest absolute Gasteiger partial charge is 0.302 e. The van der Waals surface area contributed by atoms with Gasteiger partial charge >= 0.3 is 11.9 Å². The van der Waals surface area contributed by atoms with Crippen molar-refractivity contribution in [1.29, 1.82) is 0 Å².